The van der Waals surface area contributed by atoms with E-state index in [0.717, 1.165) is 0 Å². The number of carbonyl (C=O) groups excluding carboxylic acids is 3. The number of hydrogen-bond donors (Lipinski definition) is 2. The number of fused-ring (bicyclic) bond motifs is 2. The summed E-state index contributed by atoms with van der Waals surface area (Å²) < 4.78 is 0. The lowest BCUT2D eigenvalue weighted by molar-refractivity contribution is -0.0588. The molecule has 3 aromatic rings. The normalized spacial score (nSPS) is 13.1. The lowest BCUT2D eigenvalue weighted by Crippen LogP contribution is -2.33. The van der Waals surface area contributed by atoms with Gasteiger partial charge in [-0.25, -0.2) is 14.6 Å². The van der Waals surface area contributed by atoms with E-state index in [1.165, 1.54) is 25.1 Å². The van der Waals surface area contributed by atoms with Crippen LogP contribution in [0.4, 0.5) is 0 Å². The Balaban J connectivity index is 1.71. The first-order valence-corrected chi connectivity index (χ1v) is 7.71. The van der Waals surface area contributed by atoms with Gasteiger partial charge in [0.05, 0.1) is 16.5 Å². The van der Waals surface area contributed by atoms with Crippen LogP contribution in [0.15, 0.2) is 39.9 Å². The molecule has 134 valence electrons. The van der Waals surface area contributed by atoms with E-state index in [1.807, 2.05) is 0 Å². The van der Waals surface area contributed by atoms with E-state index in [0.29, 0.717) is 10.6 Å². The van der Waals surface area contributed by atoms with Gasteiger partial charge in [-0.1, -0.05) is 17.2 Å². The van der Waals surface area contributed by atoms with Crippen molar-refractivity contribution < 1.29 is 19.2 Å². The molecule has 2 aromatic heterocycles. The number of nitrogens with zero attached hydrogens (tertiary/aromatic N) is 2. The molecular weight excluding hydrogens is 356 g/mol. The Labute approximate surface area is 149 Å². The lowest BCUT2D eigenvalue weighted by Gasteiger charge is -2.12. The van der Waals surface area contributed by atoms with Crippen molar-refractivity contribution in [3.8, 4) is 0 Å². The van der Waals surface area contributed by atoms with Crippen LogP contribution in [0.2, 0.25) is 0 Å². The van der Waals surface area contributed by atoms with Crippen LogP contribution in [0.25, 0.3) is 11.0 Å². The summed E-state index contributed by atoms with van der Waals surface area (Å²) in [4.78, 5) is 73.4. The summed E-state index contributed by atoms with van der Waals surface area (Å²) in [5.41, 5.74) is -1.24. The number of amides is 2. The number of hydrogen-bond acceptors (Lipinski definition) is 7. The highest BCUT2D eigenvalue weighted by molar-refractivity contribution is 6.21. The zero-order chi connectivity index (χ0) is 19.3. The molecule has 1 aliphatic rings. The number of pyridine rings is 1. The lowest BCUT2D eigenvalue weighted by atomic mass is 10.1. The van der Waals surface area contributed by atoms with E-state index in [9.17, 15) is 24.0 Å². The van der Waals surface area contributed by atoms with Gasteiger partial charge >= 0.3 is 11.7 Å². The van der Waals surface area contributed by atoms with Crippen molar-refractivity contribution in [3.05, 3.63) is 73.6 Å². The molecule has 0 aliphatic carbocycles. The van der Waals surface area contributed by atoms with Crippen LogP contribution in [-0.2, 0) is 4.84 Å². The first-order valence-electron chi connectivity index (χ1n) is 7.71. The fourth-order valence-electron chi connectivity index (χ4n) is 2.84. The number of hydroxylamine groups is 2. The Morgan fingerprint density at radius 2 is 1.67 bits per heavy atom. The maximum atomic E-state index is 12.4. The van der Waals surface area contributed by atoms with E-state index < -0.39 is 29.0 Å². The van der Waals surface area contributed by atoms with Crippen molar-refractivity contribution in [2.24, 2.45) is 0 Å². The number of benzene rings is 1. The van der Waals surface area contributed by atoms with Crippen LogP contribution in [0.3, 0.4) is 0 Å². The van der Waals surface area contributed by atoms with Crippen molar-refractivity contribution in [2.75, 3.05) is 0 Å². The highest BCUT2D eigenvalue weighted by Crippen LogP contribution is 2.23. The van der Waals surface area contributed by atoms with Gasteiger partial charge in [-0.2, -0.15) is 0 Å². The summed E-state index contributed by atoms with van der Waals surface area (Å²) in [6, 6.07) is 7.31. The van der Waals surface area contributed by atoms with Gasteiger partial charge in [0.2, 0.25) is 0 Å². The second-order valence-electron chi connectivity index (χ2n) is 5.79. The number of rotatable bonds is 2. The Morgan fingerprint density at radius 1 is 1.04 bits per heavy atom. The molecule has 27 heavy (non-hydrogen) atoms. The van der Waals surface area contributed by atoms with Crippen molar-refractivity contribution in [1.29, 1.82) is 0 Å². The Kier molecular flexibility index (Phi) is 3.48. The largest absolute Gasteiger partial charge is 0.382 e. The maximum absolute atomic E-state index is 12.4. The fraction of sp³-hybridized carbons (Fsp3) is 0.0588. The molecule has 0 saturated heterocycles. The maximum Gasteiger partial charge on any atom is 0.382 e. The van der Waals surface area contributed by atoms with Gasteiger partial charge in [0, 0.05) is 0 Å². The summed E-state index contributed by atoms with van der Waals surface area (Å²) in [6.07, 6.45) is 0. The van der Waals surface area contributed by atoms with Crippen LogP contribution in [0, 0.1) is 6.92 Å². The van der Waals surface area contributed by atoms with Gasteiger partial charge in [-0.05, 0) is 30.7 Å². The third-order valence-corrected chi connectivity index (χ3v) is 4.04. The van der Waals surface area contributed by atoms with Crippen LogP contribution in [0.1, 0.15) is 36.8 Å². The van der Waals surface area contributed by atoms with Crippen molar-refractivity contribution in [2.45, 2.75) is 6.92 Å². The quantitative estimate of drug-likeness (QED) is 0.621. The SMILES string of the molecule is Cc1cc(C(=O)ON2C(=O)c3ccccc3C2=O)nc2[nH]c(=O)[nH]c(=O)c12. The van der Waals surface area contributed by atoms with Gasteiger partial charge < -0.3 is 4.84 Å². The highest BCUT2D eigenvalue weighted by Gasteiger charge is 2.39. The summed E-state index contributed by atoms with van der Waals surface area (Å²) >= 11 is 0. The first kappa shape index (κ1) is 16.4. The molecule has 10 nitrogen and oxygen atoms in total. The summed E-state index contributed by atoms with van der Waals surface area (Å²) in [7, 11) is 0. The van der Waals surface area contributed by atoms with Crippen molar-refractivity contribution in [3.63, 3.8) is 0 Å². The molecule has 1 aliphatic heterocycles. The molecule has 3 heterocycles. The molecule has 10 heteroatoms. The molecule has 4 rings (SSSR count). The highest BCUT2D eigenvalue weighted by atomic mass is 16.7. The topological polar surface area (TPSA) is 142 Å². The number of H-pyrrole nitrogens is 2. The van der Waals surface area contributed by atoms with Gasteiger partial charge in [-0.15, -0.1) is 0 Å². The zero-order valence-corrected chi connectivity index (χ0v) is 13.7. The molecule has 2 amide bonds. The van der Waals surface area contributed by atoms with Gasteiger partial charge in [0.25, 0.3) is 17.4 Å². The standard InChI is InChI=1S/C17H10N4O6/c1-7-6-10(18-12-11(7)13(22)20-17(26)19-12)16(25)27-21-14(23)8-4-2-3-5-9(8)15(21)24/h2-6H,1H3,(H2,18,19,20,22,26). The van der Waals surface area contributed by atoms with Crippen LogP contribution >= 0.6 is 0 Å². The summed E-state index contributed by atoms with van der Waals surface area (Å²) in [6.45, 7) is 1.54. The molecular formula is C17H10N4O6. The number of carbonyl (C=O) groups is 3. The zero-order valence-electron chi connectivity index (χ0n) is 13.7. The van der Waals surface area contributed by atoms with Gasteiger partial charge in [0.1, 0.15) is 5.65 Å². The minimum atomic E-state index is -1.09. The van der Waals surface area contributed by atoms with Gasteiger partial charge in [-0.3, -0.25) is 24.4 Å². The second kappa shape index (κ2) is 5.73. The van der Waals surface area contributed by atoms with Crippen molar-refractivity contribution in [1.82, 2.24) is 20.0 Å². The van der Waals surface area contributed by atoms with Crippen molar-refractivity contribution >= 4 is 28.8 Å². The fourth-order valence-corrected chi connectivity index (χ4v) is 2.84. The minimum Gasteiger partial charge on any atom is -0.323 e. The molecule has 0 saturated carbocycles. The molecule has 0 radical (unpaired) electrons. The number of aromatic nitrogens is 3. The molecule has 0 fully saturated rings. The predicted molar refractivity (Wildman–Crippen MR) is 90.1 cm³/mol. The number of imide groups is 1. The summed E-state index contributed by atoms with van der Waals surface area (Å²) in [5, 5.41) is 0.459. The van der Waals surface area contributed by atoms with E-state index >= 15 is 0 Å². The molecule has 0 spiro atoms. The molecule has 0 unspecified atom stereocenters. The Bertz CT molecular complexity index is 1240. The Morgan fingerprint density at radius 3 is 2.30 bits per heavy atom. The molecule has 0 atom stereocenters. The third-order valence-electron chi connectivity index (χ3n) is 4.04. The predicted octanol–water partition coefficient (Wildman–Crippen LogP) is 0.288. The minimum absolute atomic E-state index is 0.104. The van der Waals surface area contributed by atoms with Crippen LogP contribution < -0.4 is 11.2 Å². The molecule has 0 bridgehead atoms. The molecule has 2 N–H and O–H groups in total. The summed E-state index contributed by atoms with van der Waals surface area (Å²) in [5.74, 6) is -2.63. The van der Waals surface area contributed by atoms with E-state index in [-0.39, 0.29) is 27.9 Å². The van der Waals surface area contributed by atoms with E-state index in [4.69, 9.17) is 4.84 Å². The third kappa shape index (κ3) is 2.51. The Hall–Kier alpha value is -4.08. The number of aryl methyl sites for hydroxylation is 1. The number of aromatic amines is 2. The number of nitrogens with one attached hydrogen (secondary N) is 2. The van der Waals surface area contributed by atoms with Crippen LogP contribution in [-0.4, -0.2) is 37.8 Å². The monoisotopic (exact) mass is 366 g/mol. The average Bonchev–Trinajstić information content (AvgIpc) is 2.86. The van der Waals surface area contributed by atoms with E-state index in [1.54, 1.807) is 12.1 Å². The average molecular weight is 366 g/mol. The first-order chi connectivity index (χ1) is 12.9. The van der Waals surface area contributed by atoms with Gasteiger partial charge in [0.15, 0.2) is 5.69 Å². The molecule has 1 aromatic carbocycles. The van der Waals surface area contributed by atoms with E-state index in [2.05, 4.69) is 15.0 Å². The van der Waals surface area contributed by atoms with Crippen LogP contribution in [0.5, 0.6) is 0 Å². The second-order valence-corrected chi connectivity index (χ2v) is 5.79. The smallest absolute Gasteiger partial charge is 0.323 e.